The summed E-state index contributed by atoms with van der Waals surface area (Å²) in [6.45, 7) is 4.20. The van der Waals surface area contributed by atoms with Crippen molar-refractivity contribution in [2.24, 2.45) is 0 Å². The average Bonchev–Trinajstić information content (AvgIpc) is 2.62. The molecule has 2 rings (SSSR count). The van der Waals surface area contributed by atoms with E-state index in [9.17, 15) is 14.4 Å². The number of carbonyl (C=O) groups is 3. The van der Waals surface area contributed by atoms with Crippen molar-refractivity contribution in [1.29, 1.82) is 0 Å². The lowest BCUT2D eigenvalue weighted by molar-refractivity contribution is 0.0950. The third-order valence-electron chi connectivity index (χ3n) is 3.77. The summed E-state index contributed by atoms with van der Waals surface area (Å²) in [6, 6.07) is 13.2. The molecule has 2 amide bonds. The van der Waals surface area contributed by atoms with Gasteiger partial charge in [-0.1, -0.05) is 13.3 Å². The minimum atomic E-state index is -0.270. The molecule has 0 saturated carbocycles. The highest BCUT2D eigenvalue weighted by Crippen LogP contribution is 2.12. The van der Waals surface area contributed by atoms with Gasteiger partial charge in [-0.3, -0.25) is 14.4 Å². The predicted molar refractivity (Wildman–Crippen MR) is 98.1 cm³/mol. The maximum atomic E-state index is 12.2. The molecule has 0 bridgehead atoms. The second-order valence-electron chi connectivity index (χ2n) is 5.77. The largest absolute Gasteiger partial charge is 0.352 e. The Morgan fingerprint density at radius 2 is 1.32 bits per heavy atom. The number of hydrogen-bond acceptors (Lipinski definition) is 3. The van der Waals surface area contributed by atoms with Crippen LogP contribution >= 0.6 is 0 Å². The van der Waals surface area contributed by atoms with Gasteiger partial charge in [0.1, 0.15) is 0 Å². The molecule has 0 aliphatic rings. The number of unbranched alkanes of at least 4 members (excludes halogenated alkanes) is 1. The second kappa shape index (κ2) is 8.78. The van der Waals surface area contributed by atoms with Crippen molar-refractivity contribution < 1.29 is 14.4 Å². The molecule has 0 aliphatic heterocycles. The Bertz CT molecular complexity index is 750. The molecule has 0 saturated heterocycles. The van der Waals surface area contributed by atoms with Gasteiger partial charge in [0.2, 0.25) is 0 Å². The molecule has 2 aromatic carbocycles. The van der Waals surface area contributed by atoms with Crippen molar-refractivity contribution >= 4 is 23.3 Å². The number of rotatable bonds is 7. The minimum absolute atomic E-state index is 0.0225. The number of hydrogen-bond donors (Lipinski definition) is 2. The Balaban J connectivity index is 1.97. The Morgan fingerprint density at radius 1 is 0.800 bits per heavy atom. The van der Waals surface area contributed by atoms with Crippen LogP contribution in [0, 0.1) is 0 Å². The van der Waals surface area contributed by atoms with Crippen LogP contribution in [0.5, 0.6) is 0 Å². The number of anilines is 1. The zero-order valence-electron chi connectivity index (χ0n) is 14.5. The number of nitrogens with one attached hydrogen (secondary N) is 2. The summed E-state index contributed by atoms with van der Waals surface area (Å²) >= 11 is 0. The van der Waals surface area contributed by atoms with Crippen molar-refractivity contribution in [1.82, 2.24) is 5.32 Å². The fraction of sp³-hybridized carbons (Fsp3) is 0.250. The van der Waals surface area contributed by atoms with E-state index in [-0.39, 0.29) is 17.6 Å². The van der Waals surface area contributed by atoms with Crippen molar-refractivity contribution in [2.75, 3.05) is 11.9 Å². The van der Waals surface area contributed by atoms with Gasteiger partial charge in [0.15, 0.2) is 5.78 Å². The van der Waals surface area contributed by atoms with Gasteiger partial charge in [0, 0.05) is 28.9 Å². The summed E-state index contributed by atoms with van der Waals surface area (Å²) in [5.74, 6) is -0.431. The van der Waals surface area contributed by atoms with Crippen LogP contribution in [0.3, 0.4) is 0 Å². The fourth-order valence-corrected chi connectivity index (χ4v) is 2.25. The molecule has 0 aromatic heterocycles. The van der Waals surface area contributed by atoms with Gasteiger partial charge >= 0.3 is 0 Å². The molecule has 25 heavy (non-hydrogen) atoms. The zero-order chi connectivity index (χ0) is 18.2. The van der Waals surface area contributed by atoms with Crippen molar-refractivity contribution in [3.8, 4) is 0 Å². The highest BCUT2D eigenvalue weighted by atomic mass is 16.2. The summed E-state index contributed by atoms with van der Waals surface area (Å²) < 4.78 is 0. The van der Waals surface area contributed by atoms with E-state index in [2.05, 4.69) is 17.6 Å². The Labute approximate surface area is 147 Å². The molecule has 130 valence electrons. The smallest absolute Gasteiger partial charge is 0.255 e. The number of amides is 2. The van der Waals surface area contributed by atoms with E-state index in [0.29, 0.717) is 28.9 Å². The molecule has 0 aliphatic carbocycles. The first-order valence-corrected chi connectivity index (χ1v) is 8.32. The van der Waals surface area contributed by atoms with E-state index in [4.69, 9.17) is 0 Å². The quantitative estimate of drug-likeness (QED) is 0.597. The molecule has 2 aromatic rings. The van der Waals surface area contributed by atoms with Crippen LogP contribution in [0.2, 0.25) is 0 Å². The molecule has 2 N–H and O–H groups in total. The normalized spacial score (nSPS) is 10.2. The predicted octanol–water partition coefficient (Wildman–Crippen LogP) is 3.67. The maximum Gasteiger partial charge on any atom is 0.255 e. The second-order valence-corrected chi connectivity index (χ2v) is 5.77. The number of carbonyl (C=O) groups excluding carboxylic acids is 3. The average molecular weight is 338 g/mol. The minimum Gasteiger partial charge on any atom is -0.352 e. The molecule has 0 spiro atoms. The maximum absolute atomic E-state index is 12.2. The molecule has 0 heterocycles. The van der Waals surface area contributed by atoms with E-state index >= 15 is 0 Å². The lowest BCUT2D eigenvalue weighted by atomic mass is 10.1. The van der Waals surface area contributed by atoms with Gasteiger partial charge in [-0.05, 0) is 61.9 Å². The Morgan fingerprint density at radius 3 is 1.84 bits per heavy atom. The van der Waals surface area contributed by atoms with E-state index in [0.717, 1.165) is 12.8 Å². The standard InChI is InChI=1S/C20H22N2O3/c1-3-4-13-21-19(24)16-5-7-17(8-6-16)20(25)22-18-11-9-15(10-12-18)14(2)23/h5-12H,3-4,13H2,1-2H3,(H,21,24)(H,22,25). The molecule has 5 nitrogen and oxygen atoms in total. The van der Waals surface area contributed by atoms with Crippen LogP contribution in [0.1, 0.15) is 57.8 Å². The SMILES string of the molecule is CCCCNC(=O)c1ccc(C(=O)Nc2ccc(C(C)=O)cc2)cc1. The van der Waals surface area contributed by atoms with Gasteiger partial charge in [0.05, 0.1) is 0 Å². The van der Waals surface area contributed by atoms with E-state index in [1.165, 1.54) is 6.92 Å². The van der Waals surface area contributed by atoms with E-state index < -0.39 is 0 Å². The molecule has 0 fully saturated rings. The van der Waals surface area contributed by atoms with Crippen LogP contribution in [-0.4, -0.2) is 24.1 Å². The lowest BCUT2D eigenvalue weighted by Gasteiger charge is -2.07. The monoisotopic (exact) mass is 338 g/mol. The molecule has 0 atom stereocenters. The van der Waals surface area contributed by atoms with Gasteiger partial charge < -0.3 is 10.6 Å². The van der Waals surface area contributed by atoms with E-state index in [1.54, 1.807) is 48.5 Å². The zero-order valence-corrected chi connectivity index (χ0v) is 14.5. The van der Waals surface area contributed by atoms with Crippen LogP contribution in [0.15, 0.2) is 48.5 Å². The van der Waals surface area contributed by atoms with Crippen LogP contribution in [-0.2, 0) is 0 Å². The van der Waals surface area contributed by atoms with Crippen LogP contribution in [0.25, 0.3) is 0 Å². The third-order valence-corrected chi connectivity index (χ3v) is 3.77. The van der Waals surface area contributed by atoms with Gasteiger partial charge in [0.25, 0.3) is 11.8 Å². The van der Waals surface area contributed by atoms with Crippen molar-refractivity contribution in [3.05, 3.63) is 65.2 Å². The fourth-order valence-electron chi connectivity index (χ4n) is 2.25. The van der Waals surface area contributed by atoms with Crippen molar-refractivity contribution in [2.45, 2.75) is 26.7 Å². The first kappa shape index (κ1) is 18.4. The molecular formula is C20H22N2O3. The summed E-state index contributed by atoms with van der Waals surface area (Å²) in [5, 5.41) is 5.60. The first-order chi connectivity index (χ1) is 12.0. The molecule has 5 heteroatoms. The topological polar surface area (TPSA) is 75.3 Å². The van der Waals surface area contributed by atoms with Gasteiger partial charge in [-0.25, -0.2) is 0 Å². The number of benzene rings is 2. The van der Waals surface area contributed by atoms with Gasteiger partial charge in [-0.2, -0.15) is 0 Å². The number of ketones is 1. The summed E-state index contributed by atoms with van der Waals surface area (Å²) in [5.41, 5.74) is 2.19. The third kappa shape index (κ3) is 5.28. The highest BCUT2D eigenvalue weighted by Gasteiger charge is 2.09. The Kier molecular flexibility index (Phi) is 6.46. The summed E-state index contributed by atoms with van der Waals surface area (Å²) in [6.07, 6.45) is 1.96. The molecule has 0 unspecified atom stereocenters. The van der Waals surface area contributed by atoms with Gasteiger partial charge in [-0.15, -0.1) is 0 Å². The van der Waals surface area contributed by atoms with Crippen molar-refractivity contribution in [3.63, 3.8) is 0 Å². The summed E-state index contributed by atoms with van der Waals surface area (Å²) in [7, 11) is 0. The lowest BCUT2D eigenvalue weighted by Crippen LogP contribution is -2.24. The Hall–Kier alpha value is -2.95. The number of Topliss-reactive ketones (excluding diaryl/α,β-unsaturated/α-hetero) is 1. The summed E-state index contributed by atoms with van der Waals surface area (Å²) in [4.78, 5) is 35.4. The first-order valence-electron chi connectivity index (χ1n) is 8.32. The highest BCUT2D eigenvalue weighted by molar-refractivity contribution is 6.05. The molecule has 0 radical (unpaired) electrons. The van der Waals surface area contributed by atoms with E-state index in [1.807, 2.05) is 0 Å². The van der Waals surface area contributed by atoms with Crippen LogP contribution < -0.4 is 10.6 Å². The molecular weight excluding hydrogens is 316 g/mol. The van der Waals surface area contributed by atoms with Crippen LogP contribution in [0.4, 0.5) is 5.69 Å².